The normalized spacial score (nSPS) is 13.4. The number of rotatable bonds is 6. The minimum Gasteiger partial charge on any atom is -0.395 e. The Bertz CT molecular complexity index is 344. The predicted octanol–water partition coefficient (Wildman–Crippen LogP) is 2.15. The van der Waals surface area contributed by atoms with Crippen molar-refractivity contribution in [2.75, 3.05) is 19.7 Å². The first kappa shape index (κ1) is 14.6. The Hall–Kier alpha value is -0.420. The van der Waals surface area contributed by atoms with Gasteiger partial charge in [0.25, 0.3) is 0 Å². The van der Waals surface area contributed by atoms with Crippen molar-refractivity contribution in [2.45, 2.75) is 25.9 Å². The van der Waals surface area contributed by atoms with E-state index in [1.54, 1.807) is 0 Å². The fourth-order valence-electron chi connectivity index (χ4n) is 2.08. The lowest BCUT2D eigenvalue weighted by molar-refractivity contribution is 0.120. The molecule has 0 radical (unpaired) electrons. The van der Waals surface area contributed by atoms with Crippen LogP contribution in [0.5, 0.6) is 0 Å². The zero-order valence-electron chi connectivity index (χ0n) is 10.4. The van der Waals surface area contributed by atoms with Crippen LogP contribution in [0.1, 0.15) is 25.5 Å². The van der Waals surface area contributed by atoms with Crippen molar-refractivity contribution >= 4 is 15.9 Å². The van der Waals surface area contributed by atoms with Crippen LogP contribution < -0.4 is 5.73 Å². The Kier molecular flexibility index (Phi) is 6.12. The van der Waals surface area contributed by atoms with Gasteiger partial charge in [0.05, 0.1) is 6.61 Å². The first-order valence-corrected chi connectivity index (χ1v) is 6.72. The first-order valence-electron chi connectivity index (χ1n) is 5.93. The zero-order valence-corrected chi connectivity index (χ0v) is 12.0. The van der Waals surface area contributed by atoms with E-state index in [1.165, 1.54) is 5.56 Å². The molecular formula is C13H21BrN2O. The minimum atomic E-state index is 0.137. The highest BCUT2D eigenvalue weighted by molar-refractivity contribution is 9.10. The number of hydrogen-bond acceptors (Lipinski definition) is 3. The number of aliphatic hydroxyl groups is 1. The van der Waals surface area contributed by atoms with Gasteiger partial charge < -0.3 is 10.8 Å². The minimum absolute atomic E-state index is 0.137. The highest BCUT2D eigenvalue weighted by Gasteiger charge is 2.22. The van der Waals surface area contributed by atoms with Gasteiger partial charge >= 0.3 is 0 Å². The summed E-state index contributed by atoms with van der Waals surface area (Å²) in [4.78, 5) is 2.22. The van der Waals surface area contributed by atoms with Crippen LogP contribution >= 0.6 is 15.9 Å². The van der Waals surface area contributed by atoms with E-state index >= 15 is 0 Å². The molecule has 0 aliphatic rings. The molecule has 0 spiro atoms. The van der Waals surface area contributed by atoms with E-state index in [9.17, 15) is 0 Å². The van der Waals surface area contributed by atoms with Gasteiger partial charge in [0.1, 0.15) is 0 Å². The third-order valence-corrected chi connectivity index (χ3v) is 3.63. The topological polar surface area (TPSA) is 49.5 Å². The summed E-state index contributed by atoms with van der Waals surface area (Å²) in [6, 6.07) is 8.59. The lowest BCUT2D eigenvalue weighted by atomic mass is 10.0. The Labute approximate surface area is 112 Å². The van der Waals surface area contributed by atoms with Gasteiger partial charge in [-0.1, -0.05) is 34.1 Å². The first-order chi connectivity index (χ1) is 8.11. The number of nitrogens with two attached hydrogens (primary N) is 1. The zero-order chi connectivity index (χ0) is 12.8. The summed E-state index contributed by atoms with van der Waals surface area (Å²) >= 11 is 3.56. The van der Waals surface area contributed by atoms with E-state index < -0.39 is 0 Å². The largest absolute Gasteiger partial charge is 0.395 e. The highest BCUT2D eigenvalue weighted by atomic mass is 79.9. The number of halogens is 1. The quantitative estimate of drug-likeness (QED) is 0.846. The molecule has 1 atom stereocenters. The Morgan fingerprint density at radius 2 is 2.00 bits per heavy atom. The van der Waals surface area contributed by atoms with Crippen LogP contribution in [0, 0.1) is 0 Å². The van der Waals surface area contributed by atoms with E-state index in [0.717, 1.165) is 4.47 Å². The SMILES string of the molecule is CC(C)N(CCO)C(CN)c1ccccc1Br. The molecule has 0 aliphatic carbocycles. The van der Waals surface area contributed by atoms with Crippen molar-refractivity contribution in [3.05, 3.63) is 34.3 Å². The second-order valence-corrected chi connectivity index (χ2v) is 5.18. The maximum absolute atomic E-state index is 9.15. The summed E-state index contributed by atoms with van der Waals surface area (Å²) in [6.45, 7) is 5.57. The van der Waals surface area contributed by atoms with Crippen LogP contribution in [0.4, 0.5) is 0 Å². The summed E-state index contributed by atoms with van der Waals surface area (Å²) in [5.41, 5.74) is 7.08. The van der Waals surface area contributed by atoms with Crippen molar-refractivity contribution in [2.24, 2.45) is 5.73 Å². The smallest absolute Gasteiger partial charge is 0.0558 e. The number of benzene rings is 1. The van der Waals surface area contributed by atoms with Crippen LogP contribution in [-0.2, 0) is 0 Å². The lowest BCUT2D eigenvalue weighted by Crippen LogP contribution is -2.40. The predicted molar refractivity (Wildman–Crippen MR) is 74.9 cm³/mol. The van der Waals surface area contributed by atoms with E-state index in [2.05, 4.69) is 40.7 Å². The molecule has 1 unspecified atom stereocenters. The third-order valence-electron chi connectivity index (χ3n) is 2.91. The molecular weight excluding hydrogens is 280 g/mol. The summed E-state index contributed by atoms with van der Waals surface area (Å²) in [7, 11) is 0. The monoisotopic (exact) mass is 300 g/mol. The van der Waals surface area contributed by atoms with Gasteiger partial charge in [-0.2, -0.15) is 0 Å². The average molecular weight is 301 g/mol. The Morgan fingerprint density at radius 3 is 2.47 bits per heavy atom. The second kappa shape index (κ2) is 7.11. The van der Waals surface area contributed by atoms with Crippen molar-refractivity contribution in [3.63, 3.8) is 0 Å². The van der Waals surface area contributed by atoms with Crippen molar-refractivity contribution in [1.29, 1.82) is 0 Å². The van der Waals surface area contributed by atoms with Gasteiger partial charge in [0.2, 0.25) is 0 Å². The Balaban J connectivity index is 3.00. The third kappa shape index (κ3) is 3.78. The van der Waals surface area contributed by atoms with Gasteiger partial charge in [-0.05, 0) is 25.5 Å². The van der Waals surface area contributed by atoms with E-state index in [0.29, 0.717) is 19.1 Å². The average Bonchev–Trinajstić information content (AvgIpc) is 2.31. The fourth-order valence-corrected chi connectivity index (χ4v) is 2.62. The van der Waals surface area contributed by atoms with Crippen LogP contribution in [0.2, 0.25) is 0 Å². The van der Waals surface area contributed by atoms with E-state index in [4.69, 9.17) is 10.8 Å². The van der Waals surface area contributed by atoms with Gasteiger partial charge in [0, 0.05) is 29.6 Å². The molecule has 1 rings (SSSR count). The Morgan fingerprint density at radius 1 is 1.35 bits per heavy atom. The molecule has 4 heteroatoms. The summed E-state index contributed by atoms with van der Waals surface area (Å²) in [5, 5.41) is 9.15. The van der Waals surface area contributed by atoms with E-state index in [-0.39, 0.29) is 12.6 Å². The van der Waals surface area contributed by atoms with Crippen LogP contribution in [0.3, 0.4) is 0 Å². The van der Waals surface area contributed by atoms with Crippen LogP contribution in [0.15, 0.2) is 28.7 Å². The van der Waals surface area contributed by atoms with Gasteiger partial charge in [-0.15, -0.1) is 0 Å². The molecule has 96 valence electrons. The molecule has 1 aromatic rings. The molecule has 1 aromatic carbocycles. The molecule has 3 nitrogen and oxygen atoms in total. The molecule has 0 heterocycles. The molecule has 0 aliphatic heterocycles. The number of nitrogens with zero attached hydrogens (tertiary/aromatic N) is 1. The molecule has 0 amide bonds. The number of hydrogen-bond donors (Lipinski definition) is 2. The van der Waals surface area contributed by atoms with Crippen molar-refractivity contribution in [3.8, 4) is 0 Å². The molecule has 0 saturated heterocycles. The van der Waals surface area contributed by atoms with Gasteiger partial charge in [-0.3, -0.25) is 4.90 Å². The number of aliphatic hydroxyl groups excluding tert-OH is 1. The molecule has 0 bridgehead atoms. The second-order valence-electron chi connectivity index (χ2n) is 4.33. The molecule has 3 N–H and O–H groups in total. The molecule has 0 aromatic heterocycles. The summed E-state index contributed by atoms with van der Waals surface area (Å²) in [6.07, 6.45) is 0. The van der Waals surface area contributed by atoms with E-state index in [1.807, 2.05) is 18.2 Å². The molecule has 17 heavy (non-hydrogen) atoms. The van der Waals surface area contributed by atoms with Crippen molar-refractivity contribution < 1.29 is 5.11 Å². The van der Waals surface area contributed by atoms with Crippen LogP contribution in [-0.4, -0.2) is 35.7 Å². The van der Waals surface area contributed by atoms with Gasteiger partial charge in [-0.25, -0.2) is 0 Å². The van der Waals surface area contributed by atoms with Crippen LogP contribution in [0.25, 0.3) is 0 Å². The standard InChI is InChI=1S/C13H21BrN2O/c1-10(2)16(7-8-17)13(9-15)11-5-3-4-6-12(11)14/h3-6,10,13,17H,7-9,15H2,1-2H3. The maximum Gasteiger partial charge on any atom is 0.0558 e. The van der Waals surface area contributed by atoms with Crippen molar-refractivity contribution in [1.82, 2.24) is 4.90 Å². The lowest BCUT2D eigenvalue weighted by Gasteiger charge is -2.34. The highest BCUT2D eigenvalue weighted by Crippen LogP contribution is 2.28. The summed E-state index contributed by atoms with van der Waals surface area (Å²) < 4.78 is 1.07. The molecule has 0 saturated carbocycles. The molecule has 0 fully saturated rings. The fraction of sp³-hybridized carbons (Fsp3) is 0.538. The van der Waals surface area contributed by atoms with Gasteiger partial charge in [0.15, 0.2) is 0 Å². The maximum atomic E-state index is 9.15. The summed E-state index contributed by atoms with van der Waals surface area (Å²) in [5.74, 6) is 0.